The van der Waals surface area contributed by atoms with Crippen LogP contribution < -0.4 is 16.6 Å². The van der Waals surface area contributed by atoms with Crippen LogP contribution in [0.15, 0.2) is 82.4 Å². The number of anilines is 1. The zero-order valence-corrected chi connectivity index (χ0v) is 19.2. The molecule has 6 nitrogen and oxygen atoms in total. The van der Waals surface area contributed by atoms with Crippen LogP contribution in [0.1, 0.15) is 30.9 Å². The van der Waals surface area contributed by atoms with Crippen molar-refractivity contribution in [2.75, 3.05) is 5.32 Å². The third kappa shape index (κ3) is 4.91. The molecule has 4 aromatic rings. The molecule has 33 heavy (non-hydrogen) atoms. The number of nitrogens with zero attached hydrogens (tertiary/aromatic N) is 2. The van der Waals surface area contributed by atoms with Gasteiger partial charge in [0.05, 0.1) is 17.4 Å². The van der Waals surface area contributed by atoms with Crippen LogP contribution in [0.5, 0.6) is 0 Å². The second-order valence-electron chi connectivity index (χ2n) is 8.23. The number of para-hydroxylation sites is 1. The summed E-state index contributed by atoms with van der Waals surface area (Å²) < 4.78 is 2.49. The van der Waals surface area contributed by atoms with Gasteiger partial charge < -0.3 is 5.32 Å². The van der Waals surface area contributed by atoms with E-state index in [9.17, 15) is 14.4 Å². The van der Waals surface area contributed by atoms with Gasteiger partial charge in [-0.3, -0.25) is 18.7 Å². The van der Waals surface area contributed by atoms with Gasteiger partial charge in [-0.05, 0) is 53.4 Å². The molecule has 0 fully saturated rings. The Morgan fingerprint density at radius 2 is 1.67 bits per heavy atom. The number of hydrogen-bond donors (Lipinski definition) is 1. The number of nitrogens with one attached hydrogen (secondary N) is 1. The smallest absolute Gasteiger partial charge is 0.325 e. The van der Waals surface area contributed by atoms with E-state index in [2.05, 4.69) is 19.2 Å². The van der Waals surface area contributed by atoms with E-state index in [0.29, 0.717) is 27.5 Å². The first-order valence-electron chi connectivity index (χ1n) is 10.7. The molecule has 0 unspecified atom stereocenters. The van der Waals surface area contributed by atoms with Crippen molar-refractivity contribution in [2.45, 2.75) is 32.9 Å². The maximum Gasteiger partial charge on any atom is 0.332 e. The molecule has 0 spiro atoms. The Morgan fingerprint density at radius 1 is 0.939 bits per heavy atom. The molecule has 0 bridgehead atoms. The van der Waals surface area contributed by atoms with Gasteiger partial charge in [0.1, 0.15) is 6.54 Å². The molecule has 168 valence electrons. The molecule has 7 heteroatoms. The fourth-order valence-corrected chi connectivity index (χ4v) is 3.88. The molecule has 4 rings (SSSR count). The van der Waals surface area contributed by atoms with Crippen LogP contribution in [0.4, 0.5) is 5.69 Å². The highest BCUT2D eigenvalue weighted by molar-refractivity contribution is 6.30. The SMILES string of the molecule is CC(C)c1cccc(NC(=O)Cn2c(=O)n(Cc3ccc(Cl)cc3)c(=O)c3ccccc32)c1. The van der Waals surface area contributed by atoms with E-state index in [1.165, 1.54) is 4.57 Å². The van der Waals surface area contributed by atoms with Crippen LogP contribution in [-0.4, -0.2) is 15.0 Å². The maximum absolute atomic E-state index is 13.3. The Morgan fingerprint density at radius 3 is 2.39 bits per heavy atom. The zero-order chi connectivity index (χ0) is 23.5. The van der Waals surface area contributed by atoms with Gasteiger partial charge in [0.15, 0.2) is 0 Å². The standard InChI is InChI=1S/C26H24ClN3O3/c1-17(2)19-6-5-7-21(14-19)28-24(31)16-29-23-9-4-3-8-22(23)25(32)30(26(29)33)15-18-10-12-20(27)13-11-18/h3-14,17H,15-16H2,1-2H3,(H,28,31). The van der Waals surface area contributed by atoms with Crippen molar-refractivity contribution in [3.8, 4) is 0 Å². The number of carbonyl (C=O) groups excluding carboxylic acids is 1. The zero-order valence-electron chi connectivity index (χ0n) is 18.4. The summed E-state index contributed by atoms with van der Waals surface area (Å²) in [6, 6.07) is 21.4. The third-order valence-corrected chi connectivity index (χ3v) is 5.78. The minimum Gasteiger partial charge on any atom is -0.325 e. The van der Waals surface area contributed by atoms with Crippen LogP contribution >= 0.6 is 11.6 Å². The topological polar surface area (TPSA) is 73.1 Å². The van der Waals surface area contributed by atoms with Crippen LogP contribution in [0.2, 0.25) is 5.02 Å². The van der Waals surface area contributed by atoms with Gasteiger partial charge in [0, 0.05) is 10.7 Å². The summed E-state index contributed by atoms with van der Waals surface area (Å²) in [6.45, 7) is 4.02. The highest BCUT2D eigenvalue weighted by Gasteiger charge is 2.16. The van der Waals surface area contributed by atoms with Crippen molar-refractivity contribution in [1.29, 1.82) is 0 Å². The second kappa shape index (κ2) is 9.46. The number of aromatic nitrogens is 2. The van der Waals surface area contributed by atoms with Gasteiger partial charge in [-0.2, -0.15) is 0 Å². The molecular weight excluding hydrogens is 438 g/mol. The Labute approximate surface area is 196 Å². The maximum atomic E-state index is 13.3. The third-order valence-electron chi connectivity index (χ3n) is 5.52. The summed E-state index contributed by atoms with van der Waals surface area (Å²) in [5.74, 6) is -0.0234. The normalized spacial score (nSPS) is 11.2. The minimum absolute atomic E-state index is 0.0811. The fraction of sp³-hybridized carbons (Fsp3) is 0.192. The summed E-state index contributed by atoms with van der Waals surface area (Å²) in [5.41, 5.74) is 2.01. The Hall–Kier alpha value is -3.64. The van der Waals surface area contributed by atoms with Crippen molar-refractivity contribution in [3.63, 3.8) is 0 Å². The summed E-state index contributed by atoms with van der Waals surface area (Å²) in [4.78, 5) is 39.3. The molecule has 0 aliphatic carbocycles. The Bertz CT molecular complexity index is 1440. The largest absolute Gasteiger partial charge is 0.332 e. The predicted octanol–water partition coefficient (Wildman–Crippen LogP) is 4.63. The van der Waals surface area contributed by atoms with E-state index >= 15 is 0 Å². The van der Waals surface area contributed by atoms with Gasteiger partial charge in [-0.15, -0.1) is 0 Å². The first-order chi connectivity index (χ1) is 15.8. The van der Waals surface area contributed by atoms with Crippen LogP contribution in [0, 0.1) is 0 Å². The van der Waals surface area contributed by atoms with Gasteiger partial charge in [-0.1, -0.05) is 61.8 Å². The van der Waals surface area contributed by atoms with Gasteiger partial charge >= 0.3 is 5.69 Å². The molecule has 1 amide bonds. The van der Waals surface area contributed by atoms with Crippen LogP contribution in [0.25, 0.3) is 10.9 Å². The molecule has 0 saturated carbocycles. The van der Waals surface area contributed by atoms with E-state index in [4.69, 9.17) is 11.6 Å². The molecule has 0 aliphatic rings. The number of halogens is 1. The van der Waals surface area contributed by atoms with E-state index in [1.54, 1.807) is 48.5 Å². The fourth-order valence-electron chi connectivity index (χ4n) is 3.76. The lowest BCUT2D eigenvalue weighted by atomic mass is 10.0. The van der Waals surface area contributed by atoms with Crippen molar-refractivity contribution >= 4 is 34.1 Å². The van der Waals surface area contributed by atoms with Gasteiger partial charge in [0.25, 0.3) is 5.56 Å². The van der Waals surface area contributed by atoms with E-state index < -0.39 is 11.2 Å². The molecule has 1 heterocycles. The summed E-state index contributed by atoms with van der Waals surface area (Å²) in [5, 5.41) is 3.81. The van der Waals surface area contributed by atoms with E-state index in [0.717, 1.165) is 15.7 Å². The summed E-state index contributed by atoms with van der Waals surface area (Å²) >= 11 is 5.95. The lowest BCUT2D eigenvalue weighted by molar-refractivity contribution is -0.116. The highest BCUT2D eigenvalue weighted by Crippen LogP contribution is 2.18. The van der Waals surface area contributed by atoms with Gasteiger partial charge in [-0.25, -0.2) is 4.79 Å². The van der Waals surface area contributed by atoms with Crippen LogP contribution in [0.3, 0.4) is 0 Å². The monoisotopic (exact) mass is 461 g/mol. The molecule has 0 saturated heterocycles. The molecule has 3 aromatic carbocycles. The van der Waals surface area contributed by atoms with Crippen molar-refractivity contribution < 1.29 is 4.79 Å². The molecule has 0 atom stereocenters. The first-order valence-corrected chi connectivity index (χ1v) is 11.1. The summed E-state index contributed by atoms with van der Waals surface area (Å²) in [6.07, 6.45) is 0. The number of carbonyl (C=O) groups is 1. The number of fused-ring (bicyclic) bond motifs is 1. The van der Waals surface area contributed by atoms with E-state index in [1.807, 2.05) is 24.3 Å². The minimum atomic E-state index is -0.542. The lowest BCUT2D eigenvalue weighted by Crippen LogP contribution is -2.42. The first kappa shape index (κ1) is 22.6. The molecule has 0 radical (unpaired) electrons. The van der Waals surface area contributed by atoms with Crippen LogP contribution in [-0.2, 0) is 17.9 Å². The number of hydrogen-bond acceptors (Lipinski definition) is 3. The molecule has 1 aromatic heterocycles. The number of benzene rings is 3. The van der Waals surface area contributed by atoms with Crippen molar-refractivity contribution in [2.24, 2.45) is 0 Å². The van der Waals surface area contributed by atoms with Crippen molar-refractivity contribution in [1.82, 2.24) is 9.13 Å². The average Bonchev–Trinajstić information content (AvgIpc) is 2.81. The summed E-state index contributed by atoms with van der Waals surface area (Å²) in [7, 11) is 0. The molecular formula is C26H24ClN3O3. The quantitative estimate of drug-likeness (QED) is 0.455. The van der Waals surface area contributed by atoms with Crippen molar-refractivity contribution in [3.05, 3.63) is 110 Å². The molecule has 1 N–H and O–H groups in total. The molecule has 0 aliphatic heterocycles. The average molecular weight is 462 g/mol. The Kier molecular flexibility index (Phi) is 6.47. The van der Waals surface area contributed by atoms with E-state index in [-0.39, 0.29) is 19.0 Å². The highest BCUT2D eigenvalue weighted by atomic mass is 35.5. The second-order valence-corrected chi connectivity index (χ2v) is 8.67. The lowest BCUT2D eigenvalue weighted by Gasteiger charge is -2.15. The number of rotatable bonds is 6. The number of amides is 1. The Balaban J connectivity index is 1.71. The van der Waals surface area contributed by atoms with Gasteiger partial charge in [0.2, 0.25) is 5.91 Å². The predicted molar refractivity (Wildman–Crippen MR) is 132 cm³/mol.